The van der Waals surface area contributed by atoms with Crippen LogP contribution in [0.25, 0.3) is 0 Å². The van der Waals surface area contributed by atoms with E-state index in [4.69, 9.17) is 0 Å². The van der Waals surface area contributed by atoms with Crippen molar-refractivity contribution in [1.29, 1.82) is 0 Å². The molecular formula is C14H24N8O. The molecule has 126 valence electrons. The van der Waals surface area contributed by atoms with Crippen molar-refractivity contribution in [1.82, 2.24) is 40.3 Å². The van der Waals surface area contributed by atoms with Gasteiger partial charge in [0, 0.05) is 11.5 Å². The zero-order valence-electron chi connectivity index (χ0n) is 14.5. The van der Waals surface area contributed by atoms with Gasteiger partial charge in [-0.05, 0) is 31.2 Å². The smallest absolute Gasteiger partial charge is 0.245 e. The lowest BCUT2D eigenvalue weighted by molar-refractivity contribution is -0.124. The Morgan fingerprint density at radius 2 is 1.96 bits per heavy atom. The lowest BCUT2D eigenvalue weighted by atomic mass is 9.95. The van der Waals surface area contributed by atoms with Crippen LogP contribution in [0.1, 0.15) is 65.3 Å². The highest BCUT2D eigenvalue weighted by Crippen LogP contribution is 2.21. The largest absolute Gasteiger partial charge is 0.347 e. The molecule has 9 nitrogen and oxygen atoms in total. The van der Waals surface area contributed by atoms with E-state index in [0.717, 1.165) is 0 Å². The third-order valence-electron chi connectivity index (χ3n) is 3.53. The average molecular weight is 320 g/mol. The predicted molar refractivity (Wildman–Crippen MR) is 83.5 cm³/mol. The minimum absolute atomic E-state index is 0.166. The summed E-state index contributed by atoms with van der Waals surface area (Å²) in [6.45, 7) is 12.2. The van der Waals surface area contributed by atoms with Crippen molar-refractivity contribution in [3.63, 3.8) is 0 Å². The maximum absolute atomic E-state index is 12.4. The first-order chi connectivity index (χ1) is 10.7. The van der Waals surface area contributed by atoms with E-state index < -0.39 is 6.04 Å². The molecule has 0 aliphatic carbocycles. The Balaban J connectivity index is 2.07. The molecule has 0 aliphatic heterocycles. The Morgan fingerprint density at radius 1 is 1.26 bits per heavy atom. The summed E-state index contributed by atoms with van der Waals surface area (Å²) in [5, 5.41) is 22.5. The van der Waals surface area contributed by atoms with Crippen LogP contribution in [-0.2, 0) is 16.8 Å². The van der Waals surface area contributed by atoms with Gasteiger partial charge in [0.25, 0.3) is 0 Å². The first-order valence-electron chi connectivity index (χ1n) is 7.66. The van der Waals surface area contributed by atoms with Gasteiger partial charge in [0.2, 0.25) is 5.91 Å². The first kappa shape index (κ1) is 17.0. The maximum Gasteiger partial charge on any atom is 0.245 e. The number of rotatable bonds is 5. The molecule has 23 heavy (non-hydrogen) atoms. The van der Waals surface area contributed by atoms with E-state index in [9.17, 15) is 4.79 Å². The van der Waals surface area contributed by atoms with Gasteiger partial charge in [0.15, 0.2) is 11.6 Å². The number of hydrogen-bond donors (Lipinski definition) is 1. The first-order valence-corrected chi connectivity index (χ1v) is 7.66. The third kappa shape index (κ3) is 3.72. The Hall–Kier alpha value is -2.32. The fraction of sp³-hybridized carbons (Fsp3) is 0.714. The van der Waals surface area contributed by atoms with Crippen LogP contribution < -0.4 is 5.32 Å². The van der Waals surface area contributed by atoms with Gasteiger partial charge in [-0.3, -0.25) is 4.79 Å². The monoisotopic (exact) mass is 320 g/mol. The van der Waals surface area contributed by atoms with Crippen LogP contribution in [0.4, 0.5) is 0 Å². The van der Waals surface area contributed by atoms with Gasteiger partial charge in [0.05, 0.1) is 6.54 Å². The highest BCUT2D eigenvalue weighted by atomic mass is 16.2. The number of carbonyl (C=O) groups is 1. The summed E-state index contributed by atoms with van der Waals surface area (Å²) in [5.41, 5.74) is -0.240. The number of aromatic nitrogens is 7. The highest BCUT2D eigenvalue weighted by Gasteiger charge is 2.27. The van der Waals surface area contributed by atoms with E-state index in [0.29, 0.717) is 18.2 Å². The SMILES string of the molecule is CC(C)n1cnnc1CNC(=O)C(C)n1nnnc1C(C)(C)C. The second-order valence-electron chi connectivity index (χ2n) is 6.84. The second kappa shape index (κ2) is 6.43. The van der Waals surface area contributed by atoms with Crippen LogP contribution in [-0.4, -0.2) is 40.9 Å². The van der Waals surface area contributed by atoms with Gasteiger partial charge in [-0.2, -0.15) is 0 Å². The lowest BCUT2D eigenvalue weighted by Gasteiger charge is -2.20. The molecule has 2 heterocycles. The van der Waals surface area contributed by atoms with E-state index in [1.54, 1.807) is 17.9 Å². The van der Waals surface area contributed by atoms with Crippen LogP contribution in [0.2, 0.25) is 0 Å². The zero-order valence-corrected chi connectivity index (χ0v) is 14.5. The summed E-state index contributed by atoms with van der Waals surface area (Å²) in [7, 11) is 0. The van der Waals surface area contributed by atoms with Gasteiger partial charge >= 0.3 is 0 Å². The van der Waals surface area contributed by atoms with Gasteiger partial charge in [-0.15, -0.1) is 15.3 Å². The summed E-state index contributed by atoms with van der Waals surface area (Å²) in [5.74, 6) is 1.22. The summed E-state index contributed by atoms with van der Waals surface area (Å²) in [6, 6.07) is -0.268. The number of carbonyl (C=O) groups excluding carboxylic acids is 1. The molecule has 1 unspecified atom stereocenters. The molecular weight excluding hydrogens is 296 g/mol. The van der Waals surface area contributed by atoms with Crippen molar-refractivity contribution in [2.75, 3.05) is 0 Å². The summed E-state index contributed by atoms with van der Waals surface area (Å²) in [4.78, 5) is 12.4. The van der Waals surface area contributed by atoms with Crippen molar-refractivity contribution < 1.29 is 4.79 Å². The molecule has 9 heteroatoms. The summed E-state index contributed by atoms with van der Waals surface area (Å²) in [6.07, 6.45) is 1.66. The molecule has 0 bridgehead atoms. The molecule has 2 rings (SSSR count). The molecule has 1 amide bonds. The topological polar surface area (TPSA) is 103 Å². The van der Waals surface area contributed by atoms with E-state index >= 15 is 0 Å². The number of nitrogens with zero attached hydrogens (tertiary/aromatic N) is 7. The van der Waals surface area contributed by atoms with Crippen LogP contribution >= 0.6 is 0 Å². The molecule has 1 N–H and O–H groups in total. The summed E-state index contributed by atoms with van der Waals surface area (Å²) >= 11 is 0. The van der Waals surface area contributed by atoms with Crippen LogP contribution in [0.5, 0.6) is 0 Å². The van der Waals surface area contributed by atoms with Crippen molar-refractivity contribution in [3.8, 4) is 0 Å². The maximum atomic E-state index is 12.4. The highest BCUT2D eigenvalue weighted by molar-refractivity contribution is 5.79. The molecule has 2 aromatic rings. The number of amides is 1. The van der Waals surface area contributed by atoms with Crippen molar-refractivity contribution in [2.45, 2.75) is 65.6 Å². The van der Waals surface area contributed by atoms with Gasteiger partial charge < -0.3 is 9.88 Å². The molecule has 0 aromatic carbocycles. The Kier molecular flexibility index (Phi) is 4.76. The van der Waals surface area contributed by atoms with Crippen LogP contribution in [0, 0.1) is 0 Å². The standard InChI is InChI=1S/C14H24N8O/c1-9(2)21-8-16-17-11(21)7-15-12(23)10(3)22-13(14(4,5)6)18-19-20-22/h8-10H,7H2,1-6H3,(H,15,23). The minimum atomic E-state index is -0.505. The van der Waals surface area contributed by atoms with Gasteiger partial charge in [-0.1, -0.05) is 20.8 Å². The Labute approximate surface area is 135 Å². The van der Waals surface area contributed by atoms with Crippen molar-refractivity contribution >= 4 is 5.91 Å². The fourth-order valence-corrected chi connectivity index (χ4v) is 2.20. The lowest BCUT2D eigenvalue weighted by Crippen LogP contribution is -2.34. The van der Waals surface area contributed by atoms with E-state index in [2.05, 4.69) is 31.0 Å². The van der Waals surface area contributed by atoms with E-state index in [1.165, 1.54) is 0 Å². The quantitative estimate of drug-likeness (QED) is 0.882. The molecule has 0 spiro atoms. The molecule has 0 saturated heterocycles. The summed E-state index contributed by atoms with van der Waals surface area (Å²) < 4.78 is 3.48. The van der Waals surface area contributed by atoms with E-state index in [1.807, 2.05) is 39.2 Å². The zero-order chi connectivity index (χ0) is 17.2. The predicted octanol–water partition coefficient (Wildman–Crippen LogP) is 1.02. The van der Waals surface area contributed by atoms with Gasteiger partial charge in [0.1, 0.15) is 12.4 Å². The molecule has 0 radical (unpaired) electrons. The molecule has 0 fully saturated rings. The molecule has 0 saturated carbocycles. The minimum Gasteiger partial charge on any atom is -0.347 e. The van der Waals surface area contributed by atoms with Gasteiger partial charge in [-0.25, -0.2) is 4.68 Å². The number of nitrogens with one attached hydrogen (secondary N) is 1. The third-order valence-corrected chi connectivity index (χ3v) is 3.53. The normalized spacial score (nSPS) is 13.3. The van der Waals surface area contributed by atoms with Crippen molar-refractivity contribution in [3.05, 3.63) is 18.0 Å². The fourth-order valence-electron chi connectivity index (χ4n) is 2.20. The van der Waals surface area contributed by atoms with Crippen LogP contribution in [0.3, 0.4) is 0 Å². The van der Waals surface area contributed by atoms with E-state index in [-0.39, 0.29) is 17.4 Å². The molecule has 1 atom stereocenters. The number of tetrazole rings is 1. The Morgan fingerprint density at radius 3 is 2.57 bits per heavy atom. The molecule has 2 aromatic heterocycles. The van der Waals surface area contributed by atoms with Crippen LogP contribution in [0.15, 0.2) is 6.33 Å². The second-order valence-corrected chi connectivity index (χ2v) is 6.84. The number of hydrogen-bond acceptors (Lipinski definition) is 6. The average Bonchev–Trinajstić information content (AvgIpc) is 3.11. The Bertz CT molecular complexity index is 666. The molecule has 0 aliphatic rings. The van der Waals surface area contributed by atoms with Crippen molar-refractivity contribution in [2.24, 2.45) is 0 Å².